The molecule has 0 radical (unpaired) electrons. The van der Waals surface area contributed by atoms with E-state index in [1.807, 2.05) is 73.7 Å². The van der Waals surface area contributed by atoms with Crippen LogP contribution >= 0.6 is 11.8 Å². The predicted molar refractivity (Wildman–Crippen MR) is 115 cm³/mol. The molecule has 0 saturated carbocycles. The van der Waals surface area contributed by atoms with E-state index in [0.717, 1.165) is 16.5 Å². The Kier molecular flexibility index (Phi) is 5.12. The van der Waals surface area contributed by atoms with E-state index in [1.165, 1.54) is 11.8 Å². The van der Waals surface area contributed by atoms with E-state index in [0.29, 0.717) is 22.6 Å². The van der Waals surface area contributed by atoms with Crippen molar-refractivity contribution in [2.75, 3.05) is 11.1 Å². The number of para-hydroxylation sites is 1. The summed E-state index contributed by atoms with van der Waals surface area (Å²) in [7, 11) is 0. The number of carbonyl (C=O) groups excluding carboxylic acids is 1. The molecule has 0 spiro atoms. The van der Waals surface area contributed by atoms with E-state index in [4.69, 9.17) is 0 Å². The van der Waals surface area contributed by atoms with Gasteiger partial charge in [-0.15, -0.1) is 0 Å². The fraction of sp³-hybridized carbons (Fsp3) is 0.136. The van der Waals surface area contributed by atoms with Crippen LogP contribution in [0.4, 0.5) is 5.69 Å². The number of nitrogens with one attached hydrogen (secondary N) is 1. The number of thioether (sulfide) groups is 1. The molecule has 6 heteroatoms. The Morgan fingerprint density at radius 3 is 2.43 bits per heavy atom. The number of hydrogen-bond acceptors (Lipinski definition) is 4. The maximum atomic E-state index is 13.0. The first-order valence-corrected chi connectivity index (χ1v) is 10.1. The lowest BCUT2D eigenvalue weighted by molar-refractivity contribution is -0.113. The number of benzene rings is 3. The molecular weight excluding hydrogens is 370 g/mol. The summed E-state index contributed by atoms with van der Waals surface area (Å²) in [5.41, 5.74) is 1.32. The number of amides is 1. The average Bonchev–Trinajstić information content (AvgIpc) is 2.72. The van der Waals surface area contributed by atoms with Crippen LogP contribution in [0.2, 0.25) is 0 Å². The number of nitrogens with zero attached hydrogens (tertiary/aromatic N) is 2. The SMILES string of the molecule is CCn1c(SCC(=O)Nc2ccccc2)nc2cc3ccccc3cc2c1=O. The molecule has 0 fully saturated rings. The van der Waals surface area contributed by atoms with Crippen molar-refractivity contribution in [3.05, 3.63) is 77.1 Å². The third kappa shape index (κ3) is 3.64. The standard InChI is InChI=1S/C22H19N3O2S/c1-2-25-21(27)18-12-15-8-6-7-9-16(15)13-19(18)24-22(25)28-14-20(26)23-17-10-4-3-5-11-17/h3-13H,2,14H2,1H3,(H,23,26). The highest BCUT2D eigenvalue weighted by atomic mass is 32.2. The molecule has 0 aliphatic heterocycles. The van der Waals surface area contributed by atoms with Crippen LogP contribution in [0.3, 0.4) is 0 Å². The third-order valence-corrected chi connectivity index (χ3v) is 5.47. The molecule has 1 aromatic heterocycles. The van der Waals surface area contributed by atoms with Crippen molar-refractivity contribution in [2.45, 2.75) is 18.6 Å². The second kappa shape index (κ2) is 7.86. The number of fused-ring (bicyclic) bond motifs is 2. The normalized spacial score (nSPS) is 11.0. The fourth-order valence-electron chi connectivity index (χ4n) is 3.13. The molecule has 1 N–H and O–H groups in total. The van der Waals surface area contributed by atoms with Crippen LogP contribution in [-0.4, -0.2) is 21.2 Å². The van der Waals surface area contributed by atoms with Crippen molar-refractivity contribution in [1.82, 2.24) is 9.55 Å². The second-order valence-corrected chi connectivity index (χ2v) is 7.31. The maximum Gasteiger partial charge on any atom is 0.262 e. The molecule has 0 unspecified atom stereocenters. The Balaban J connectivity index is 1.65. The van der Waals surface area contributed by atoms with Crippen LogP contribution in [0.15, 0.2) is 76.7 Å². The van der Waals surface area contributed by atoms with Gasteiger partial charge in [0.2, 0.25) is 5.91 Å². The zero-order valence-electron chi connectivity index (χ0n) is 15.4. The van der Waals surface area contributed by atoms with Gasteiger partial charge in [0.15, 0.2) is 5.16 Å². The van der Waals surface area contributed by atoms with Crippen LogP contribution in [0, 0.1) is 0 Å². The van der Waals surface area contributed by atoms with Crippen molar-refractivity contribution < 1.29 is 4.79 Å². The lowest BCUT2D eigenvalue weighted by Crippen LogP contribution is -2.23. The Hall–Kier alpha value is -3.12. The molecule has 140 valence electrons. The first-order chi connectivity index (χ1) is 13.7. The summed E-state index contributed by atoms with van der Waals surface area (Å²) in [6, 6.07) is 21.0. The number of carbonyl (C=O) groups is 1. The van der Waals surface area contributed by atoms with Gasteiger partial charge >= 0.3 is 0 Å². The highest BCUT2D eigenvalue weighted by Crippen LogP contribution is 2.23. The lowest BCUT2D eigenvalue weighted by atomic mass is 10.1. The highest BCUT2D eigenvalue weighted by Gasteiger charge is 2.13. The summed E-state index contributed by atoms with van der Waals surface area (Å²) in [6.07, 6.45) is 0. The molecule has 0 saturated heterocycles. The van der Waals surface area contributed by atoms with Gasteiger partial charge in [0, 0.05) is 12.2 Å². The molecule has 3 aromatic carbocycles. The summed E-state index contributed by atoms with van der Waals surface area (Å²) in [4.78, 5) is 29.9. The summed E-state index contributed by atoms with van der Waals surface area (Å²) in [5, 5.41) is 6.05. The summed E-state index contributed by atoms with van der Waals surface area (Å²) < 4.78 is 1.62. The lowest BCUT2D eigenvalue weighted by Gasteiger charge is -2.12. The van der Waals surface area contributed by atoms with Gasteiger partial charge in [-0.2, -0.15) is 0 Å². The van der Waals surface area contributed by atoms with E-state index in [1.54, 1.807) is 4.57 Å². The van der Waals surface area contributed by atoms with Gasteiger partial charge in [-0.3, -0.25) is 14.2 Å². The molecule has 0 atom stereocenters. The maximum absolute atomic E-state index is 13.0. The average molecular weight is 389 g/mol. The van der Waals surface area contributed by atoms with Gasteiger partial charge < -0.3 is 5.32 Å². The topological polar surface area (TPSA) is 64.0 Å². The van der Waals surface area contributed by atoms with E-state index < -0.39 is 0 Å². The van der Waals surface area contributed by atoms with Crippen LogP contribution in [0.25, 0.3) is 21.7 Å². The van der Waals surface area contributed by atoms with E-state index in [2.05, 4.69) is 10.3 Å². The number of anilines is 1. The van der Waals surface area contributed by atoms with Crippen molar-refractivity contribution in [2.24, 2.45) is 0 Å². The molecule has 0 aliphatic rings. The summed E-state index contributed by atoms with van der Waals surface area (Å²) >= 11 is 1.27. The Bertz CT molecular complexity index is 1220. The zero-order chi connectivity index (χ0) is 19.5. The zero-order valence-corrected chi connectivity index (χ0v) is 16.2. The van der Waals surface area contributed by atoms with Crippen LogP contribution in [0.1, 0.15) is 6.92 Å². The van der Waals surface area contributed by atoms with Gasteiger partial charge in [0.25, 0.3) is 5.56 Å². The first kappa shape index (κ1) is 18.3. The van der Waals surface area contributed by atoms with Crippen LogP contribution in [-0.2, 0) is 11.3 Å². The number of rotatable bonds is 5. The van der Waals surface area contributed by atoms with Gasteiger partial charge in [0.05, 0.1) is 16.7 Å². The van der Waals surface area contributed by atoms with Gasteiger partial charge in [-0.1, -0.05) is 54.2 Å². The van der Waals surface area contributed by atoms with Crippen molar-refractivity contribution in [3.8, 4) is 0 Å². The molecule has 5 nitrogen and oxygen atoms in total. The van der Waals surface area contributed by atoms with E-state index in [9.17, 15) is 9.59 Å². The molecule has 1 heterocycles. The van der Waals surface area contributed by atoms with Crippen molar-refractivity contribution >= 4 is 45.0 Å². The van der Waals surface area contributed by atoms with Crippen molar-refractivity contribution in [3.63, 3.8) is 0 Å². The molecule has 0 aliphatic carbocycles. The van der Waals surface area contributed by atoms with Crippen molar-refractivity contribution in [1.29, 1.82) is 0 Å². The molecule has 4 aromatic rings. The Morgan fingerprint density at radius 2 is 1.71 bits per heavy atom. The Labute approximate surface area is 166 Å². The smallest absolute Gasteiger partial charge is 0.262 e. The summed E-state index contributed by atoms with van der Waals surface area (Å²) in [5.74, 6) is 0.0483. The number of aromatic nitrogens is 2. The van der Waals surface area contributed by atoms with Gasteiger partial charge in [-0.05, 0) is 42.0 Å². The molecular formula is C22H19N3O2S. The summed E-state index contributed by atoms with van der Waals surface area (Å²) in [6.45, 7) is 2.40. The Morgan fingerprint density at radius 1 is 1.04 bits per heavy atom. The van der Waals surface area contributed by atoms with E-state index in [-0.39, 0.29) is 17.2 Å². The van der Waals surface area contributed by atoms with E-state index >= 15 is 0 Å². The predicted octanol–water partition coefficient (Wildman–Crippen LogP) is 4.30. The minimum Gasteiger partial charge on any atom is -0.325 e. The minimum absolute atomic E-state index is 0.0794. The van der Waals surface area contributed by atoms with Crippen LogP contribution < -0.4 is 10.9 Å². The van der Waals surface area contributed by atoms with Gasteiger partial charge in [-0.25, -0.2) is 4.98 Å². The molecule has 1 amide bonds. The number of hydrogen-bond donors (Lipinski definition) is 1. The second-order valence-electron chi connectivity index (χ2n) is 6.36. The first-order valence-electron chi connectivity index (χ1n) is 9.07. The minimum atomic E-state index is -0.133. The molecule has 0 bridgehead atoms. The quantitative estimate of drug-likeness (QED) is 0.314. The van der Waals surface area contributed by atoms with Gasteiger partial charge in [0.1, 0.15) is 0 Å². The largest absolute Gasteiger partial charge is 0.325 e. The highest BCUT2D eigenvalue weighted by molar-refractivity contribution is 7.99. The third-order valence-electron chi connectivity index (χ3n) is 4.49. The molecule has 4 rings (SSSR count). The fourth-order valence-corrected chi connectivity index (χ4v) is 3.99. The molecule has 28 heavy (non-hydrogen) atoms. The monoisotopic (exact) mass is 389 g/mol. The van der Waals surface area contributed by atoms with Crippen LogP contribution in [0.5, 0.6) is 0 Å².